The van der Waals surface area contributed by atoms with Crippen LogP contribution in [0.5, 0.6) is 0 Å². The molecule has 0 aliphatic heterocycles. The van der Waals surface area contributed by atoms with Gasteiger partial charge in [-0.05, 0) is 50.5 Å². The Bertz CT molecular complexity index is 1160. The number of benzene rings is 3. The Morgan fingerprint density at radius 3 is 2.28 bits per heavy atom. The summed E-state index contributed by atoms with van der Waals surface area (Å²) in [5.41, 5.74) is 3.71. The molecule has 1 N–H and O–H groups in total. The average molecular weight is 523 g/mol. The Kier molecular flexibility index (Phi) is 10.0. The van der Waals surface area contributed by atoms with Crippen molar-refractivity contribution in [2.24, 2.45) is 0 Å². The summed E-state index contributed by atoms with van der Waals surface area (Å²) in [5.74, 6) is 0.661. The summed E-state index contributed by atoms with van der Waals surface area (Å²) >= 11 is 7.82. The first-order valence-electron chi connectivity index (χ1n) is 12.1. The lowest BCUT2D eigenvalue weighted by atomic mass is 10.0. The minimum atomic E-state index is -0.638. The van der Waals surface area contributed by atoms with Gasteiger partial charge in [-0.25, -0.2) is 0 Å². The number of rotatable bonds is 10. The Balaban J connectivity index is 1.88. The fourth-order valence-corrected chi connectivity index (χ4v) is 5.16. The number of thioether (sulfide) groups is 1. The Labute approximate surface area is 224 Å². The van der Waals surface area contributed by atoms with Crippen molar-refractivity contribution in [3.63, 3.8) is 0 Å². The van der Waals surface area contributed by atoms with Crippen LogP contribution in [-0.4, -0.2) is 34.0 Å². The van der Waals surface area contributed by atoms with Gasteiger partial charge in [0.15, 0.2) is 0 Å². The molecule has 0 bridgehead atoms. The van der Waals surface area contributed by atoms with Crippen molar-refractivity contribution in [1.29, 1.82) is 0 Å². The Hall–Kier alpha value is -2.76. The van der Waals surface area contributed by atoms with Crippen LogP contribution in [0.3, 0.4) is 0 Å². The third-order valence-electron chi connectivity index (χ3n) is 5.65. The van der Waals surface area contributed by atoms with E-state index in [0.29, 0.717) is 23.7 Å². The predicted octanol–water partition coefficient (Wildman–Crippen LogP) is 6.44. The zero-order valence-electron chi connectivity index (χ0n) is 21.5. The summed E-state index contributed by atoms with van der Waals surface area (Å²) in [4.78, 5) is 29.0. The molecule has 190 valence electrons. The zero-order chi connectivity index (χ0) is 26.1. The molecule has 0 unspecified atom stereocenters. The largest absolute Gasteiger partial charge is 0.350 e. The maximum Gasteiger partial charge on any atom is 0.243 e. The van der Waals surface area contributed by atoms with Crippen LogP contribution in [0.2, 0.25) is 5.02 Å². The highest BCUT2D eigenvalue weighted by molar-refractivity contribution is 7.99. The van der Waals surface area contributed by atoms with Gasteiger partial charge in [-0.1, -0.05) is 90.0 Å². The molecule has 4 nitrogen and oxygen atoms in total. The predicted molar refractivity (Wildman–Crippen MR) is 151 cm³/mol. The van der Waals surface area contributed by atoms with Crippen LogP contribution in [-0.2, 0) is 28.3 Å². The lowest BCUT2D eigenvalue weighted by Crippen LogP contribution is -2.54. The first kappa shape index (κ1) is 27.8. The maximum absolute atomic E-state index is 13.7. The Morgan fingerprint density at radius 1 is 0.944 bits per heavy atom. The molecule has 0 radical (unpaired) electrons. The first-order chi connectivity index (χ1) is 17.1. The highest BCUT2D eigenvalue weighted by Gasteiger charge is 2.32. The summed E-state index contributed by atoms with van der Waals surface area (Å²) in [5, 5.41) is 3.80. The van der Waals surface area contributed by atoms with Crippen molar-refractivity contribution in [1.82, 2.24) is 10.2 Å². The van der Waals surface area contributed by atoms with Gasteiger partial charge in [0.05, 0.1) is 5.75 Å². The second kappa shape index (κ2) is 13.0. The van der Waals surface area contributed by atoms with Gasteiger partial charge in [0, 0.05) is 29.3 Å². The van der Waals surface area contributed by atoms with Crippen LogP contribution in [0.25, 0.3) is 0 Å². The van der Waals surface area contributed by atoms with Crippen LogP contribution in [0, 0.1) is 6.92 Å². The van der Waals surface area contributed by atoms with E-state index in [4.69, 9.17) is 11.6 Å². The van der Waals surface area contributed by atoms with E-state index in [1.807, 2.05) is 100 Å². The molecule has 0 spiro atoms. The topological polar surface area (TPSA) is 49.4 Å². The molecule has 0 aliphatic rings. The van der Waals surface area contributed by atoms with Crippen molar-refractivity contribution >= 4 is 35.2 Å². The molecule has 0 fully saturated rings. The van der Waals surface area contributed by atoms with Crippen molar-refractivity contribution < 1.29 is 9.59 Å². The smallest absolute Gasteiger partial charge is 0.243 e. The maximum atomic E-state index is 13.7. The Morgan fingerprint density at radius 2 is 1.61 bits per heavy atom. The van der Waals surface area contributed by atoms with Gasteiger partial charge < -0.3 is 10.2 Å². The highest BCUT2D eigenvalue weighted by atomic mass is 35.5. The molecule has 0 saturated heterocycles. The SMILES string of the molecule is Cc1cccc(CN(C(=O)CSCc2ccccc2Cl)[C@@H](Cc2ccccc2)C(=O)NC(C)(C)C)c1. The number of nitrogens with one attached hydrogen (secondary N) is 1. The van der Waals surface area contributed by atoms with Gasteiger partial charge in [-0.3, -0.25) is 9.59 Å². The van der Waals surface area contributed by atoms with Gasteiger partial charge in [0.2, 0.25) is 11.8 Å². The van der Waals surface area contributed by atoms with Crippen LogP contribution in [0.1, 0.15) is 43.0 Å². The van der Waals surface area contributed by atoms with Crippen LogP contribution < -0.4 is 5.32 Å². The standard InChI is InChI=1S/C30H35ClN2O2S/c1-22-11-10-14-24(17-22)19-33(28(34)21-36-20-25-15-8-9-16-26(25)31)27(29(35)32-30(2,3)4)18-23-12-6-5-7-13-23/h5-17,27H,18-21H2,1-4H3,(H,32,35)/t27-/m0/s1. The van der Waals surface area contributed by atoms with E-state index in [9.17, 15) is 9.59 Å². The number of amides is 2. The molecule has 0 aliphatic carbocycles. The van der Waals surface area contributed by atoms with Gasteiger partial charge in [-0.2, -0.15) is 0 Å². The van der Waals surface area contributed by atoms with Crippen molar-refractivity contribution in [2.45, 2.75) is 58.0 Å². The quantitative estimate of drug-likeness (QED) is 0.333. The molecule has 1 atom stereocenters. The van der Waals surface area contributed by atoms with Crippen LogP contribution >= 0.6 is 23.4 Å². The van der Waals surface area contributed by atoms with Crippen molar-refractivity contribution in [3.8, 4) is 0 Å². The molecule has 6 heteroatoms. The minimum absolute atomic E-state index is 0.0708. The summed E-state index contributed by atoms with van der Waals surface area (Å²) < 4.78 is 0. The number of hydrogen-bond acceptors (Lipinski definition) is 3. The molecule has 3 aromatic rings. The number of nitrogens with zero attached hydrogens (tertiary/aromatic N) is 1. The van der Waals surface area contributed by atoms with E-state index in [1.165, 1.54) is 11.8 Å². The molecule has 0 aromatic heterocycles. The van der Waals surface area contributed by atoms with Crippen LogP contribution in [0.15, 0.2) is 78.9 Å². The van der Waals surface area contributed by atoms with E-state index >= 15 is 0 Å². The van der Waals surface area contributed by atoms with E-state index < -0.39 is 11.6 Å². The summed E-state index contributed by atoms with van der Waals surface area (Å²) in [6.45, 7) is 8.26. The number of hydrogen-bond donors (Lipinski definition) is 1. The van der Waals surface area contributed by atoms with Gasteiger partial charge in [-0.15, -0.1) is 11.8 Å². The van der Waals surface area contributed by atoms with Crippen molar-refractivity contribution in [2.75, 3.05) is 5.75 Å². The second-order valence-electron chi connectivity index (χ2n) is 10.0. The molecule has 3 aromatic carbocycles. The molecule has 2 amide bonds. The number of carbonyl (C=O) groups is 2. The minimum Gasteiger partial charge on any atom is -0.350 e. The average Bonchev–Trinajstić information content (AvgIpc) is 2.82. The van der Waals surface area contributed by atoms with Gasteiger partial charge in [0.1, 0.15) is 6.04 Å². The monoisotopic (exact) mass is 522 g/mol. The van der Waals surface area contributed by atoms with E-state index in [-0.39, 0.29) is 17.6 Å². The lowest BCUT2D eigenvalue weighted by Gasteiger charge is -2.34. The summed E-state index contributed by atoms with van der Waals surface area (Å²) in [6.07, 6.45) is 0.440. The first-order valence-corrected chi connectivity index (χ1v) is 13.7. The fraction of sp³-hybridized carbons (Fsp3) is 0.333. The molecular formula is C30H35ClN2O2S. The third kappa shape index (κ3) is 8.72. The second-order valence-corrected chi connectivity index (χ2v) is 11.4. The highest BCUT2D eigenvalue weighted by Crippen LogP contribution is 2.23. The molecule has 3 rings (SSSR count). The van der Waals surface area contributed by atoms with Gasteiger partial charge >= 0.3 is 0 Å². The normalized spacial score (nSPS) is 12.1. The summed E-state index contributed by atoms with van der Waals surface area (Å²) in [6, 6.07) is 25.0. The van der Waals surface area contributed by atoms with E-state index in [0.717, 1.165) is 22.3 Å². The fourth-order valence-electron chi connectivity index (χ4n) is 3.96. The number of halogens is 1. The molecule has 0 heterocycles. The van der Waals surface area contributed by atoms with E-state index in [1.54, 1.807) is 4.90 Å². The van der Waals surface area contributed by atoms with Crippen LogP contribution in [0.4, 0.5) is 0 Å². The van der Waals surface area contributed by atoms with E-state index in [2.05, 4.69) is 11.4 Å². The lowest BCUT2D eigenvalue weighted by molar-refractivity contribution is -0.140. The number of carbonyl (C=O) groups excluding carboxylic acids is 2. The molecule has 36 heavy (non-hydrogen) atoms. The zero-order valence-corrected chi connectivity index (χ0v) is 23.0. The summed E-state index contributed by atoms with van der Waals surface area (Å²) in [7, 11) is 0. The number of aryl methyl sites for hydroxylation is 1. The van der Waals surface area contributed by atoms with Crippen molar-refractivity contribution in [3.05, 3.63) is 106 Å². The molecular weight excluding hydrogens is 488 g/mol. The third-order valence-corrected chi connectivity index (χ3v) is 6.98. The molecule has 0 saturated carbocycles. The van der Waals surface area contributed by atoms with Gasteiger partial charge in [0.25, 0.3) is 0 Å².